The molecule has 0 amide bonds. The molecule has 0 unspecified atom stereocenters. The molecule has 18 rings (SSSR count). The summed E-state index contributed by atoms with van der Waals surface area (Å²) in [5.41, 5.74) is 22.9. The van der Waals surface area contributed by atoms with Gasteiger partial charge in [0.05, 0.1) is 67.2 Å². The Morgan fingerprint density at radius 1 is 0.222 bits per heavy atom. The average Bonchev–Trinajstić information content (AvgIpc) is 1.65. The van der Waals surface area contributed by atoms with E-state index >= 15 is 0 Å². The number of nitriles is 1. The minimum Gasteiger partial charge on any atom is -0.309 e. The van der Waals surface area contributed by atoms with E-state index in [9.17, 15) is 5.26 Å². The maximum atomic E-state index is 9.84. The van der Waals surface area contributed by atoms with Crippen molar-refractivity contribution in [3.8, 4) is 85.0 Å². The van der Waals surface area contributed by atoms with Crippen LogP contribution < -0.4 is 0 Å². The second-order valence-electron chi connectivity index (χ2n) is 23.3. The molecule has 13 aromatic carbocycles. The van der Waals surface area contributed by atoms with E-state index in [1.807, 2.05) is 24.3 Å². The van der Waals surface area contributed by atoms with Crippen LogP contribution in [0.4, 0.5) is 0 Å². The van der Waals surface area contributed by atoms with Gasteiger partial charge in [0.2, 0.25) is 0 Å². The molecular formula is C83H51N7. The molecule has 418 valence electrons. The van der Waals surface area contributed by atoms with E-state index in [4.69, 9.17) is 9.97 Å². The van der Waals surface area contributed by atoms with Crippen LogP contribution in [0.25, 0.3) is 166 Å². The van der Waals surface area contributed by atoms with Crippen molar-refractivity contribution in [2.45, 2.75) is 0 Å². The zero-order valence-electron chi connectivity index (χ0n) is 48.6. The van der Waals surface area contributed by atoms with Crippen molar-refractivity contribution in [2.24, 2.45) is 0 Å². The van der Waals surface area contributed by atoms with E-state index in [0.717, 1.165) is 95.1 Å². The van der Waals surface area contributed by atoms with Crippen LogP contribution >= 0.6 is 0 Å². The van der Waals surface area contributed by atoms with Crippen LogP contribution in [-0.2, 0) is 0 Å². The molecule has 0 bridgehead atoms. The molecule has 18 aromatic rings. The molecule has 90 heavy (non-hydrogen) atoms. The number of aromatic nitrogens is 6. The molecule has 7 nitrogen and oxygen atoms in total. The predicted molar refractivity (Wildman–Crippen MR) is 371 cm³/mol. The maximum Gasteiger partial charge on any atom is 0.160 e. The molecular weight excluding hydrogens is 1090 g/mol. The fraction of sp³-hybridized carbons (Fsp3) is 0. The molecule has 0 fully saturated rings. The summed E-state index contributed by atoms with van der Waals surface area (Å²) in [4.78, 5) is 10.7. The lowest BCUT2D eigenvalue weighted by molar-refractivity contribution is 1.16. The molecule has 0 aliphatic rings. The minimum absolute atomic E-state index is 0.568. The second kappa shape index (κ2) is 20.4. The molecule has 0 aliphatic carbocycles. The Kier molecular flexibility index (Phi) is 11.5. The molecule has 0 aliphatic heterocycles. The van der Waals surface area contributed by atoms with Gasteiger partial charge in [0, 0.05) is 82.5 Å². The van der Waals surface area contributed by atoms with E-state index in [-0.39, 0.29) is 0 Å². The van der Waals surface area contributed by atoms with Crippen LogP contribution in [0.2, 0.25) is 0 Å². The summed E-state index contributed by atoms with van der Waals surface area (Å²) in [6.45, 7) is 0. The molecule has 5 heterocycles. The van der Waals surface area contributed by atoms with Crippen LogP contribution in [0.15, 0.2) is 309 Å². The summed E-state index contributed by atoms with van der Waals surface area (Å²) < 4.78 is 9.52. The predicted octanol–water partition coefficient (Wildman–Crippen LogP) is 21.1. The van der Waals surface area contributed by atoms with Gasteiger partial charge in [-0.15, -0.1) is 0 Å². The fourth-order valence-electron chi connectivity index (χ4n) is 14.0. The topological polar surface area (TPSA) is 69.3 Å². The third kappa shape index (κ3) is 8.13. The van der Waals surface area contributed by atoms with Crippen molar-refractivity contribution < 1.29 is 0 Å². The van der Waals surface area contributed by atoms with E-state index in [1.165, 1.54) is 65.2 Å². The highest BCUT2D eigenvalue weighted by Gasteiger charge is 2.21. The van der Waals surface area contributed by atoms with Gasteiger partial charge in [0.15, 0.2) is 5.82 Å². The Bertz CT molecular complexity index is 5640. The van der Waals surface area contributed by atoms with Crippen LogP contribution in [-0.4, -0.2) is 28.2 Å². The van der Waals surface area contributed by atoms with Gasteiger partial charge in [-0.2, -0.15) is 5.26 Å². The van der Waals surface area contributed by atoms with Gasteiger partial charge in [-0.25, -0.2) is 9.97 Å². The lowest BCUT2D eigenvalue weighted by atomic mass is 10.0. The number of benzene rings is 13. The number of nitrogens with zero attached hydrogens (tertiary/aromatic N) is 7. The highest BCUT2D eigenvalue weighted by atomic mass is 15.0. The van der Waals surface area contributed by atoms with Crippen molar-refractivity contribution in [3.63, 3.8) is 0 Å². The summed E-state index contributed by atoms with van der Waals surface area (Å²) in [6.07, 6.45) is 0. The first-order valence-electron chi connectivity index (χ1n) is 30.4. The largest absolute Gasteiger partial charge is 0.309 e. The quantitative estimate of drug-likeness (QED) is 0.145. The zero-order valence-corrected chi connectivity index (χ0v) is 48.6. The first-order chi connectivity index (χ1) is 44.6. The van der Waals surface area contributed by atoms with E-state index in [0.29, 0.717) is 11.4 Å². The third-order valence-electron chi connectivity index (χ3n) is 18.2. The third-order valence-corrected chi connectivity index (χ3v) is 18.2. The SMILES string of the molecule is N#Cc1ccc(-c2nc(-c3cccc(-n4c5ccccc5c5ccc(-c6ccc7c(c6)c6ccccc6n7-c6ccccc6)cc54)c3)cc(-c3cccc(-n4c5ccccc5c5ccc(-c6ccc7c(c6)c6ccccc6n7-c6ccccc6)cc54)c3)n2)cc1. The number of fused-ring (bicyclic) bond motifs is 12. The molecule has 5 aromatic heterocycles. The summed E-state index contributed by atoms with van der Waals surface area (Å²) in [7, 11) is 0. The van der Waals surface area contributed by atoms with Crippen molar-refractivity contribution in [2.75, 3.05) is 0 Å². The Balaban J connectivity index is 0.759. The van der Waals surface area contributed by atoms with Gasteiger partial charge in [0.25, 0.3) is 0 Å². The number of hydrogen-bond acceptors (Lipinski definition) is 3. The molecule has 0 saturated heterocycles. The highest BCUT2D eigenvalue weighted by molar-refractivity contribution is 6.14. The van der Waals surface area contributed by atoms with Gasteiger partial charge in [-0.05, 0) is 162 Å². The second-order valence-corrected chi connectivity index (χ2v) is 23.3. The Morgan fingerprint density at radius 3 is 0.989 bits per heavy atom. The summed E-state index contributed by atoms with van der Waals surface area (Å²) in [5, 5.41) is 19.4. The summed E-state index contributed by atoms with van der Waals surface area (Å²) >= 11 is 0. The van der Waals surface area contributed by atoms with Crippen molar-refractivity contribution >= 4 is 87.2 Å². The van der Waals surface area contributed by atoms with Crippen molar-refractivity contribution in [1.29, 1.82) is 5.26 Å². The van der Waals surface area contributed by atoms with Crippen LogP contribution in [0.1, 0.15) is 5.56 Å². The lowest BCUT2D eigenvalue weighted by Crippen LogP contribution is -1.99. The summed E-state index contributed by atoms with van der Waals surface area (Å²) in [5.74, 6) is 0.568. The van der Waals surface area contributed by atoms with Crippen molar-refractivity contribution in [1.82, 2.24) is 28.2 Å². The minimum atomic E-state index is 0.568. The molecule has 0 radical (unpaired) electrons. The van der Waals surface area contributed by atoms with Gasteiger partial charge in [-0.3, -0.25) is 0 Å². The van der Waals surface area contributed by atoms with Crippen molar-refractivity contribution in [3.05, 3.63) is 315 Å². The standard InChI is InChI=1S/C83H51N7/c84-52-53-33-35-54(36-34-53)83-85-73(59-17-15-23-63(45-59)89-75-29-11-7-25-65(75)69-41-37-57(49-81(69)89)55-39-43-79-71(47-55)67-27-9-13-31-77(67)87(79)61-19-3-1-4-20-61)51-74(86-83)60-18-16-24-64(46-60)90-76-30-12-8-26-66(76)70-42-38-58(50-82(70)90)56-40-44-80-72(48-56)68-28-10-14-32-78(68)88(80)62-21-5-2-6-22-62/h1-51H. The molecule has 7 heteroatoms. The Hall–Kier alpha value is -12.4. The van der Waals surface area contributed by atoms with Crippen LogP contribution in [0.5, 0.6) is 0 Å². The maximum absolute atomic E-state index is 9.84. The number of rotatable bonds is 9. The summed E-state index contributed by atoms with van der Waals surface area (Å²) in [6, 6.07) is 113. The first-order valence-corrected chi connectivity index (χ1v) is 30.4. The first kappa shape index (κ1) is 50.9. The Labute approximate surface area is 517 Å². The van der Waals surface area contributed by atoms with Gasteiger partial charge < -0.3 is 18.3 Å². The van der Waals surface area contributed by atoms with Crippen LogP contribution in [0.3, 0.4) is 0 Å². The monoisotopic (exact) mass is 1150 g/mol. The lowest BCUT2D eigenvalue weighted by Gasteiger charge is -2.14. The average molecular weight is 1150 g/mol. The zero-order chi connectivity index (χ0) is 59.4. The van der Waals surface area contributed by atoms with Crippen LogP contribution in [0, 0.1) is 11.3 Å². The fourth-order valence-corrected chi connectivity index (χ4v) is 14.0. The van der Waals surface area contributed by atoms with Gasteiger partial charge in [0.1, 0.15) is 0 Å². The smallest absolute Gasteiger partial charge is 0.160 e. The molecule has 0 saturated carbocycles. The molecule has 0 atom stereocenters. The number of hydrogen-bond donors (Lipinski definition) is 0. The normalized spacial score (nSPS) is 11.8. The molecule has 0 spiro atoms. The molecule has 0 N–H and O–H groups in total. The van der Waals surface area contributed by atoms with E-state index in [2.05, 4.69) is 309 Å². The Morgan fingerprint density at radius 2 is 0.556 bits per heavy atom. The van der Waals surface area contributed by atoms with Gasteiger partial charge >= 0.3 is 0 Å². The van der Waals surface area contributed by atoms with E-state index in [1.54, 1.807) is 0 Å². The number of para-hydroxylation sites is 6. The van der Waals surface area contributed by atoms with Gasteiger partial charge in [-0.1, -0.05) is 170 Å². The van der Waals surface area contributed by atoms with E-state index < -0.39 is 0 Å². The highest BCUT2D eigenvalue weighted by Crippen LogP contribution is 2.42.